The van der Waals surface area contributed by atoms with Gasteiger partial charge in [-0.1, -0.05) is 40.2 Å². The molecular weight excluding hydrogens is 591 g/mol. The third-order valence-corrected chi connectivity index (χ3v) is 8.61. The van der Waals surface area contributed by atoms with Gasteiger partial charge in [-0.25, -0.2) is 18.4 Å². The maximum Gasteiger partial charge on any atom is 0.160 e. The molecule has 3 aromatic rings. The largest absolute Gasteiger partial charge is 0.506 e. The topological polar surface area (TPSA) is 104 Å². The van der Waals surface area contributed by atoms with Gasteiger partial charge in [0.15, 0.2) is 18.0 Å². The van der Waals surface area contributed by atoms with Crippen molar-refractivity contribution in [2.45, 2.75) is 34.7 Å². The first-order chi connectivity index (χ1) is 19.3. The van der Waals surface area contributed by atoms with Gasteiger partial charge in [-0.15, -0.1) is 5.10 Å². The van der Waals surface area contributed by atoms with Crippen LogP contribution in [0, 0.1) is 11.6 Å². The molecule has 0 saturated carbocycles. The second kappa shape index (κ2) is 11.3. The van der Waals surface area contributed by atoms with Crippen molar-refractivity contribution in [3.63, 3.8) is 0 Å². The van der Waals surface area contributed by atoms with Gasteiger partial charge in [0.1, 0.15) is 52.0 Å². The molecule has 2 saturated heterocycles. The van der Waals surface area contributed by atoms with Gasteiger partial charge < -0.3 is 29.0 Å². The third-order valence-electron chi connectivity index (χ3n) is 6.88. The van der Waals surface area contributed by atoms with E-state index in [1.54, 1.807) is 12.3 Å². The summed E-state index contributed by atoms with van der Waals surface area (Å²) in [7, 11) is 1.53. The van der Waals surface area contributed by atoms with Crippen LogP contribution in [0.2, 0.25) is 10.0 Å². The van der Waals surface area contributed by atoms with Crippen LogP contribution in [-0.4, -0.2) is 82.2 Å². The van der Waals surface area contributed by atoms with Crippen LogP contribution < -0.4 is 4.90 Å². The number of aliphatic hydroxyl groups excluding tert-OH is 1. The average molecular weight is 614 g/mol. The smallest absolute Gasteiger partial charge is 0.160 e. The Labute approximate surface area is 241 Å². The lowest BCUT2D eigenvalue weighted by molar-refractivity contribution is -0.160. The fourth-order valence-electron chi connectivity index (χ4n) is 4.97. The summed E-state index contributed by atoms with van der Waals surface area (Å²) in [4.78, 5) is 7.44. The van der Waals surface area contributed by atoms with Gasteiger partial charge in [-0.2, -0.15) is 0 Å². The molecule has 2 fully saturated rings. The Morgan fingerprint density at radius 2 is 1.90 bits per heavy atom. The van der Waals surface area contributed by atoms with E-state index in [1.807, 2.05) is 0 Å². The minimum Gasteiger partial charge on any atom is -0.506 e. The maximum absolute atomic E-state index is 14.1. The molecule has 2 aromatic heterocycles. The van der Waals surface area contributed by atoms with E-state index < -0.39 is 46.4 Å². The van der Waals surface area contributed by atoms with Crippen LogP contribution in [0.1, 0.15) is 6.04 Å². The number of halogens is 4. The Hall–Kier alpha value is -2.68. The summed E-state index contributed by atoms with van der Waals surface area (Å²) in [6.45, 7) is 2.49. The first kappa shape index (κ1) is 27.5. The maximum atomic E-state index is 14.1. The molecule has 0 amide bonds. The summed E-state index contributed by atoms with van der Waals surface area (Å²) in [6, 6.07) is 3.32. The molecule has 10 nitrogen and oxygen atoms in total. The second-order valence-electron chi connectivity index (χ2n) is 9.29. The Bertz CT molecular complexity index is 1420. The van der Waals surface area contributed by atoms with Crippen molar-refractivity contribution in [2.24, 2.45) is 0 Å². The van der Waals surface area contributed by atoms with E-state index >= 15 is 0 Å². The van der Waals surface area contributed by atoms with E-state index in [9.17, 15) is 13.9 Å². The zero-order valence-corrected chi connectivity index (χ0v) is 23.2. The van der Waals surface area contributed by atoms with Crippen LogP contribution in [0.4, 0.5) is 14.6 Å². The van der Waals surface area contributed by atoms with Crippen molar-refractivity contribution in [1.82, 2.24) is 20.0 Å². The van der Waals surface area contributed by atoms with Gasteiger partial charge in [-0.05, 0) is 18.2 Å². The lowest BCUT2D eigenvalue weighted by atomic mass is 9.97. The summed E-state index contributed by atoms with van der Waals surface area (Å²) < 4.78 is 53.2. The number of anilines is 1. The van der Waals surface area contributed by atoms with Crippen molar-refractivity contribution < 1.29 is 32.8 Å². The highest BCUT2D eigenvalue weighted by molar-refractivity contribution is 8.00. The number of rotatable bonds is 6. The molecule has 3 aliphatic rings. The third kappa shape index (κ3) is 5.10. The minimum atomic E-state index is -0.914. The van der Waals surface area contributed by atoms with E-state index in [0.29, 0.717) is 31.3 Å². The summed E-state index contributed by atoms with van der Waals surface area (Å²) in [5.41, 5.74) is -0.311. The number of aliphatic hydroxyl groups is 1. The predicted octanol–water partition coefficient (Wildman–Crippen LogP) is 4.63. The number of morpholine rings is 1. The molecule has 40 heavy (non-hydrogen) atoms. The number of hydrogen-bond acceptors (Lipinski definition) is 10. The monoisotopic (exact) mass is 613 g/mol. The molecule has 3 aliphatic heterocycles. The zero-order chi connectivity index (χ0) is 28.0. The van der Waals surface area contributed by atoms with E-state index in [4.69, 9.17) is 42.1 Å². The first-order valence-corrected chi connectivity index (χ1v) is 13.9. The molecule has 15 heteroatoms. The normalized spacial score (nSPS) is 26.4. The number of hydrogen-bond donors (Lipinski definition) is 1. The Morgan fingerprint density at radius 1 is 1.15 bits per heavy atom. The summed E-state index contributed by atoms with van der Waals surface area (Å²) in [5.74, 6) is -1.19. The van der Waals surface area contributed by atoms with E-state index in [1.165, 1.54) is 36.0 Å². The molecule has 1 aromatic carbocycles. The van der Waals surface area contributed by atoms with Gasteiger partial charge in [0.05, 0.1) is 29.3 Å². The van der Waals surface area contributed by atoms with Crippen LogP contribution >= 0.6 is 35.0 Å². The molecule has 5 atom stereocenters. The number of thioether (sulfide) groups is 1. The molecule has 0 radical (unpaired) electrons. The number of fused-ring (bicyclic) bond motifs is 1. The molecule has 5 heterocycles. The quantitative estimate of drug-likeness (QED) is 0.396. The first-order valence-electron chi connectivity index (χ1n) is 12.3. The fourth-order valence-corrected chi connectivity index (χ4v) is 6.62. The molecule has 0 bridgehead atoms. The van der Waals surface area contributed by atoms with Crippen molar-refractivity contribution >= 4 is 40.8 Å². The van der Waals surface area contributed by atoms with Crippen molar-refractivity contribution in [2.75, 3.05) is 38.3 Å². The van der Waals surface area contributed by atoms with Gasteiger partial charge in [0, 0.05) is 32.0 Å². The highest BCUT2D eigenvalue weighted by Crippen LogP contribution is 2.46. The second-order valence-corrected chi connectivity index (χ2v) is 11.2. The van der Waals surface area contributed by atoms with E-state index in [0.717, 1.165) is 22.8 Å². The Morgan fingerprint density at radius 3 is 2.62 bits per heavy atom. The number of aromatic nitrogens is 4. The number of methoxy groups -OCH3 is 1. The van der Waals surface area contributed by atoms with Gasteiger partial charge in [0.2, 0.25) is 0 Å². The predicted molar refractivity (Wildman–Crippen MR) is 143 cm³/mol. The molecule has 1 N–H and O–H groups in total. The average Bonchev–Trinajstić information content (AvgIpc) is 3.58. The number of benzene rings is 1. The van der Waals surface area contributed by atoms with Crippen LogP contribution in [0.25, 0.3) is 11.3 Å². The van der Waals surface area contributed by atoms with Crippen molar-refractivity contribution in [3.05, 3.63) is 64.3 Å². The molecular formula is C25H23Cl2F2N5O5S. The highest BCUT2D eigenvalue weighted by Gasteiger charge is 2.53. The molecule has 0 spiro atoms. The van der Waals surface area contributed by atoms with E-state index in [2.05, 4.69) is 20.2 Å². The Kier molecular flexibility index (Phi) is 7.77. The summed E-state index contributed by atoms with van der Waals surface area (Å²) in [5, 5.41) is 18.8. The van der Waals surface area contributed by atoms with E-state index in [-0.39, 0.29) is 17.0 Å². The SMILES string of the molecule is COC1C(n2cc(-c3cc(F)c(Cl)c(F)c3)nn2)[C@H]2OC=C(O)C2O[C@@H]1Sc1cc(Cl)cnc1N1CCOCC1. The zero-order valence-electron chi connectivity index (χ0n) is 20.9. The number of nitrogens with zero attached hydrogens (tertiary/aromatic N) is 5. The number of pyridine rings is 1. The summed E-state index contributed by atoms with van der Waals surface area (Å²) >= 11 is 13.3. The Balaban J connectivity index is 1.34. The fraction of sp³-hybridized carbons (Fsp3) is 0.400. The van der Waals surface area contributed by atoms with Gasteiger partial charge >= 0.3 is 0 Å². The minimum absolute atomic E-state index is 0.0880. The molecule has 6 rings (SSSR count). The molecule has 3 unspecified atom stereocenters. The standard InChI is InChI=1S/C25H23Cl2F2N5O5S/c1-36-23-20(34-10-16(31-32-34)12-6-14(28)19(27)15(29)7-12)22-21(17(35)11-38-22)39-25(23)40-18-8-13(26)9-30-24(18)33-2-4-37-5-3-33/h6-11,20-23,25,35H,2-5H2,1H3/t20?,21?,22-,23?,25-/m1/s1. The van der Waals surface area contributed by atoms with Gasteiger partial charge in [0.25, 0.3) is 0 Å². The van der Waals surface area contributed by atoms with Crippen LogP contribution in [-0.2, 0) is 18.9 Å². The van der Waals surface area contributed by atoms with Crippen molar-refractivity contribution in [3.8, 4) is 11.3 Å². The lowest BCUT2D eigenvalue weighted by Gasteiger charge is -2.42. The highest BCUT2D eigenvalue weighted by atomic mass is 35.5. The summed E-state index contributed by atoms with van der Waals surface area (Å²) in [6.07, 6.45) is 2.13. The molecule has 212 valence electrons. The van der Waals surface area contributed by atoms with Crippen LogP contribution in [0.15, 0.2) is 47.5 Å². The van der Waals surface area contributed by atoms with Crippen LogP contribution in [0.3, 0.4) is 0 Å². The molecule has 0 aliphatic carbocycles. The van der Waals surface area contributed by atoms with Crippen molar-refractivity contribution in [1.29, 1.82) is 0 Å². The van der Waals surface area contributed by atoms with Crippen LogP contribution in [0.5, 0.6) is 0 Å². The lowest BCUT2D eigenvalue weighted by Crippen LogP contribution is -2.54. The number of ether oxygens (including phenoxy) is 4. The van der Waals surface area contributed by atoms with Gasteiger partial charge in [-0.3, -0.25) is 0 Å².